The van der Waals surface area contributed by atoms with Crippen LogP contribution in [0.25, 0.3) is 0 Å². The molecule has 5 heteroatoms. The van der Waals surface area contributed by atoms with E-state index in [2.05, 4.69) is 38.3 Å². The number of hydrogen-bond donors (Lipinski definition) is 0. The van der Waals surface area contributed by atoms with E-state index in [0.29, 0.717) is 17.1 Å². The van der Waals surface area contributed by atoms with E-state index in [1.54, 1.807) is 19.2 Å². The maximum absolute atomic E-state index is 12.8. The predicted octanol–water partition coefficient (Wildman–Crippen LogP) is 5.09. The summed E-state index contributed by atoms with van der Waals surface area (Å²) in [4.78, 5) is 17.1. The first-order valence-electron chi connectivity index (χ1n) is 8.55. The van der Waals surface area contributed by atoms with Crippen LogP contribution >= 0.6 is 10.3 Å². The van der Waals surface area contributed by atoms with Crippen LogP contribution in [0, 0.1) is 13.8 Å². The molecule has 1 aromatic heterocycles. The van der Waals surface area contributed by atoms with Crippen molar-refractivity contribution < 1.29 is 13.7 Å². The maximum Gasteiger partial charge on any atom is 0.216 e. The minimum atomic E-state index is -1.29. The molecular weight excluding hydrogens is 346 g/mol. The zero-order chi connectivity index (χ0) is 19.7. The quantitative estimate of drug-likeness (QED) is 0.683. The van der Waals surface area contributed by atoms with Crippen LogP contribution in [0.15, 0.2) is 30.3 Å². The molecule has 0 amide bonds. The topological polar surface area (TPSA) is 48.4 Å². The van der Waals surface area contributed by atoms with E-state index in [9.17, 15) is 4.79 Å². The van der Waals surface area contributed by atoms with Crippen LogP contribution in [0.1, 0.15) is 48.0 Å². The van der Waals surface area contributed by atoms with Gasteiger partial charge in [-0.25, -0.2) is 4.98 Å². The third-order valence-electron chi connectivity index (χ3n) is 4.69. The Bertz CT molecular complexity index is 822. The Hall–Kier alpha value is -2.01. The number of pyridine rings is 1. The number of aryl methyl sites for hydroxylation is 2. The van der Waals surface area contributed by atoms with E-state index in [-0.39, 0.29) is 10.5 Å². The fourth-order valence-electron chi connectivity index (χ4n) is 2.22. The van der Waals surface area contributed by atoms with Gasteiger partial charge >= 0.3 is 0 Å². The summed E-state index contributed by atoms with van der Waals surface area (Å²) in [5.74, 6) is 1.18. The molecule has 0 atom stereocenters. The number of ether oxygens (including phenoxy) is 1. The molecule has 0 fully saturated rings. The summed E-state index contributed by atoms with van der Waals surface area (Å²) < 4.78 is 11.6. The summed E-state index contributed by atoms with van der Waals surface area (Å²) in [5.41, 5.74) is 2.81. The summed E-state index contributed by atoms with van der Waals surface area (Å²) in [7, 11) is 0.269. The van der Waals surface area contributed by atoms with Crippen molar-refractivity contribution in [2.45, 2.75) is 39.4 Å². The number of methoxy groups -OCH3 is 1. The molecule has 26 heavy (non-hydrogen) atoms. The Labute approximate surface area is 158 Å². The lowest BCUT2D eigenvalue weighted by Gasteiger charge is -2.44. The molecule has 0 radical (unpaired) electrons. The fourth-order valence-corrected chi connectivity index (χ4v) is 3.11. The normalized spacial score (nSPS) is 12.6. The fraction of sp³-hybridized carbons (Fsp3) is 0.429. The van der Waals surface area contributed by atoms with Gasteiger partial charge in [0.15, 0.2) is 0 Å². The number of carbonyl (C=O) groups is 1. The zero-order valence-corrected chi connectivity index (χ0v) is 17.8. The molecule has 0 saturated heterocycles. The zero-order valence-electron chi connectivity index (χ0n) is 17.0. The van der Waals surface area contributed by atoms with Gasteiger partial charge in [0.05, 0.1) is 7.11 Å². The van der Waals surface area contributed by atoms with Crippen LogP contribution in [0.2, 0.25) is 0 Å². The van der Waals surface area contributed by atoms with Gasteiger partial charge in [0.2, 0.25) is 11.7 Å². The van der Waals surface area contributed by atoms with Gasteiger partial charge in [-0.05, 0) is 77.0 Å². The first-order valence-corrected chi connectivity index (χ1v) is 10.9. The van der Waals surface area contributed by atoms with Gasteiger partial charge in [0, 0.05) is 15.9 Å². The summed E-state index contributed by atoms with van der Waals surface area (Å²) in [5, 5.41) is 0. The number of benzene rings is 1. The van der Waals surface area contributed by atoms with Crippen molar-refractivity contribution in [3.8, 4) is 11.6 Å². The lowest BCUT2D eigenvalue weighted by molar-refractivity contribution is 0.103. The predicted molar refractivity (Wildman–Crippen MR) is 110 cm³/mol. The summed E-state index contributed by atoms with van der Waals surface area (Å²) in [6.07, 6.45) is 4.32. The number of hydrogen-bond acceptors (Lipinski definition) is 4. The van der Waals surface area contributed by atoms with Crippen molar-refractivity contribution in [1.29, 1.82) is 0 Å². The van der Waals surface area contributed by atoms with Crippen LogP contribution in [0.4, 0.5) is 0 Å². The molecule has 0 saturated carbocycles. The molecule has 0 aliphatic carbocycles. The Morgan fingerprint density at radius 1 is 1.04 bits per heavy atom. The lowest BCUT2D eigenvalue weighted by atomic mass is 10.0. The Morgan fingerprint density at radius 2 is 1.69 bits per heavy atom. The highest BCUT2D eigenvalue weighted by Gasteiger charge is 2.30. The highest BCUT2D eigenvalue weighted by atomic mass is 32.3. The van der Waals surface area contributed by atoms with E-state index in [0.717, 1.165) is 16.9 Å². The second-order valence-electron chi connectivity index (χ2n) is 7.76. The monoisotopic (exact) mass is 375 g/mol. The van der Waals surface area contributed by atoms with Crippen molar-refractivity contribution in [2.24, 2.45) is 0 Å². The van der Waals surface area contributed by atoms with Gasteiger partial charge in [0.1, 0.15) is 11.4 Å². The first-order chi connectivity index (χ1) is 12.0. The molecule has 4 nitrogen and oxygen atoms in total. The maximum atomic E-state index is 12.8. The molecule has 142 valence electrons. The summed E-state index contributed by atoms with van der Waals surface area (Å²) >= 11 is 0. The van der Waals surface area contributed by atoms with Gasteiger partial charge in [-0.15, -0.1) is 0 Å². The Balaban J connectivity index is 2.31. The van der Waals surface area contributed by atoms with Gasteiger partial charge in [-0.2, -0.15) is 0 Å². The molecule has 0 aliphatic rings. The standard InChI is InChI=1S/C21H29NO3S/c1-14-9-11-17(22-20(14)24-6)19(23)16-10-12-18(15(2)13-16)25-26(7,8)21(3,4)5/h9-13H,1-8H3. The Morgan fingerprint density at radius 3 is 2.23 bits per heavy atom. The van der Waals surface area contributed by atoms with Crippen LogP contribution in [0.3, 0.4) is 0 Å². The van der Waals surface area contributed by atoms with Crippen LogP contribution in [-0.2, 0) is 0 Å². The average Bonchev–Trinajstić information content (AvgIpc) is 2.55. The van der Waals surface area contributed by atoms with Gasteiger partial charge in [-0.1, -0.05) is 16.4 Å². The summed E-state index contributed by atoms with van der Waals surface area (Å²) in [6.45, 7) is 10.4. The third-order valence-corrected chi connectivity index (χ3v) is 8.23. The van der Waals surface area contributed by atoms with Crippen LogP contribution in [0.5, 0.6) is 11.6 Å². The van der Waals surface area contributed by atoms with E-state index in [1.807, 2.05) is 32.0 Å². The van der Waals surface area contributed by atoms with E-state index in [1.165, 1.54) is 0 Å². The van der Waals surface area contributed by atoms with Crippen molar-refractivity contribution in [1.82, 2.24) is 4.98 Å². The highest BCUT2D eigenvalue weighted by molar-refractivity contribution is 8.30. The minimum Gasteiger partial charge on any atom is -0.481 e. The molecule has 0 unspecified atom stereocenters. The molecule has 2 rings (SSSR count). The van der Waals surface area contributed by atoms with Gasteiger partial charge < -0.3 is 8.92 Å². The molecule has 0 aliphatic heterocycles. The Kier molecular flexibility index (Phi) is 5.71. The van der Waals surface area contributed by atoms with Gasteiger partial charge in [-0.3, -0.25) is 4.79 Å². The van der Waals surface area contributed by atoms with Crippen molar-refractivity contribution >= 4 is 16.1 Å². The second-order valence-corrected chi connectivity index (χ2v) is 11.6. The smallest absolute Gasteiger partial charge is 0.216 e. The molecular formula is C21H29NO3S. The van der Waals surface area contributed by atoms with Crippen LogP contribution < -0.4 is 8.92 Å². The molecule has 0 N–H and O–H groups in total. The lowest BCUT2D eigenvalue weighted by Crippen LogP contribution is -2.27. The van der Waals surface area contributed by atoms with Gasteiger partial charge in [0.25, 0.3) is 0 Å². The number of nitrogens with zero attached hydrogens (tertiary/aromatic N) is 1. The number of carbonyl (C=O) groups excluding carboxylic acids is 1. The van der Waals surface area contributed by atoms with E-state index < -0.39 is 10.3 Å². The molecule has 1 heterocycles. The number of rotatable bonds is 5. The SMILES string of the molecule is COc1nc(C(=O)c2ccc(OS(C)(C)C(C)(C)C)c(C)c2)ccc1C. The van der Waals surface area contributed by atoms with E-state index >= 15 is 0 Å². The largest absolute Gasteiger partial charge is 0.481 e. The number of ketones is 1. The van der Waals surface area contributed by atoms with Crippen molar-refractivity contribution in [3.05, 3.63) is 52.7 Å². The van der Waals surface area contributed by atoms with Crippen molar-refractivity contribution in [2.75, 3.05) is 19.6 Å². The highest BCUT2D eigenvalue weighted by Crippen LogP contribution is 2.53. The summed E-state index contributed by atoms with van der Waals surface area (Å²) in [6, 6.07) is 9.13. The molecule has 2 aromatic rings. The third kappa shape index (κ3) is 4.21. The van der Waals surface area contributed by atoms with E-state index in [4.69, 9.17) is 8.92 Å². The number of aromatic nitrogens is 1. The van der Waals surface area contributed by atoms with Crippen LogP contribution in [-0.4, -0.2) is 35.1 Å². The second kappa shape index (κ2) is 7.31. The molecule has 0 bridgehead atoms. The molecule has 0 spiro atoms. The molecule has 1 aromatic carbocycles. The average molecular weight is 376 g/mol. The minimum absolute atomic E-state index is 0.0658. The van der Waals surface area contributed by atoms with Crippen molar-refractivity contribution in [3.63, 3.8) is 0 Å². The first kappa shape index (κ1) is 20.3.